The number of benzene rings is 1. The molecule has 1 aromatic carbocycles. The second kappa shape index (κ2) is 9.36. The molecule has 0 aliphatic carbocycles. The Morgan fingerprint density at radius 1 is 1.30 bits per heavy atom. The molecule has 1 atom stereocenters. The van der Waals surface area contributed by atoms with Gasteiger partial charge in [-0.3, -0.25) is 0 Å². The van der Waals surface area contributed by atoms with Crippen molar-refractivity contribution in [3.05, 3.63) is 33.8 Å². The van der Waals surface area contributed by atoms with Gasteiger partial charge < -0.3 is 15.4 Å². The molecule has 1 amide bonds. The normalized spacial score (nSPS) is 12.8. The van der Waals surface area contributed by atoms with Gasteiger partial charge in [0.2, 0.25) is 0 Å². The van der Waals surface area contributed by atoms with Gasteiger partial charge in [0.1, 0.15) is 5.60 Å². The number of halogens is 2. The lowest BCUT2D eigenvalue weighted by Crippen LogP contribution is -2.42. The number of nitrogens with one attached hydrogen (secondary N) is 2. The molecular formula is C17H26Cl2N2O2. The van der Waals surface area contributed by atoms with Gasteiger partial charge in [0.15, 0.2) is 0 Å². The first-order valence-electron chi connectivity index (χ1n) is 7.85. The monoisotopic (exact) mass is 360 g/mol. The van der Waals surface area contributed by atoms with E-state index in [1.807, 2.05) is 26.8 Å². The molecule has 0 aromatic heterocycles. The van der Waals surface area contributed by atoms with Crippen molar-refractivity contribution in [2.24, 2.45) is 0 Å². The lowest BCUT2D eigenvalue weighted by Gasteiger charge is -2.22. The summed E-state index contributed by atoms with van der Waals surface area (Å²) in [6.45, 7) is 8.73. The molecule has 0 aliphatic rings. The van der Waals surface area contributed by atoms with Crippen molar-refractivity contribution >= 4 is 29.3 Å². The van der Waals surface area contributed by atoms with Gasteiger partial charge in [-0.1, -0.05) is 36.5 Å². The fraction of sp³-hybridized carbons (Fsp3) is 0.588. The molecule has 1 aromatic rings. The van der Waals surface area contributed by atoms with Crippen LogP contribution >= 0.6 is 23.2 Å². The van der Waals surface area contributed by atoms with Crippen molar-refractivity contribution in [3.63, 3.8) is 0 Å². The first-order valence-corrected chi connectivity index (χ1v) is 8.61. The fourth-order valence-corrected chi connectivity index (χ4v) is 2.46. The van der Waals surface area contributed by atoms with Crippen LogP contribution in [0.3, 0.4) is 0 Å². The molecule has 2 N–H and O–H groups in total. The fourth-order valence-electron chi connectivity index (χ4n) is 2.08. The van der Waals surface area contributed by atoms with Crippen molar-refractivity contribution in [2.45, 2.75) is 58.7 Å². The number of alkyl carbamates (subject to hydrolysis) is 1. The van der Waals surface area contributed by atoms with Gasteiger partial charge in [-0.15, -0.1) is 0 Å². The Bertz CT molecular complexity index is 516. The topological polar surface area (TPSA) is 50.4 Å². The molecule has 1 unspecified atom stereocenters. The predicted octanol–water partition coefficient (Wildman–Crippen LogP) is 4.78. The second-order valence-electron chi connectivity index (χ2n) is 6.49. The maximum Gasteiger partial charge on any atom is 0.407 e. The lowest BCUT2D eigenvalue weighted by molar-refractivity contribution is 0.0521. The van der Waals surface area contributed by atoms with Gasteiger partial charge >= 0.3 is 6.09 Å². The Hall–Kier alpha value is -0.970. The Kier molecular flexibility index (Phi) is 8.17. The third-order valence-electron chi connectivity index (χ3n) is 3.12. The highest BCUT2D eigenvalue weighted by atomic mass is 35.5. The van der Waals surface area contributed by atoms with Crippen molar-refractivity contribution in [2.75, 3.05) is 6.54 Å². The maximum absolute atomic E-state index is 11.7. The average Bonchev–Trinajstić information content (AvgIpc) is 2.43. The molecule has 0 bridgehead atoms. The summed E-state index contributed by atoms with van der Waals surface area (Å²) in [5.41, 5.74) is 0.448. The molecule has 1 rings (SSSR count). The SMILES string of the molecule is CCCC(CNC(=O)OC(C)(C)C)NCc1cc(Cl)ccc1Cl. The Morgan fingerprint density at radius 3 is 2.61 bits per heavy atom. The predicted molar refractivity (Wildman–Crippen MR) is 96.2 cm³/mol. The second-order valence-corrected chi connectivity index (χ2v) is 7.33. The minimum atomic E-state index is -0.494. The summed E-state index contributed by atoms with van der Waals surface area (Å²) in [6.07, 6.45) is 1.55. The van der Waals surface area contributed by atoms with Crippen LogP contribution in [0, 0.1) is 0 Å². The molecule has 130 valence electrons. The maximum atomic E-state index is 11.7. The molecule has 0 spiro atoms. The minimum Gasteiger partial charge on any atom is -0.444 e. The number of carbonyl (C=O) groups excluding carboxylic acids is 1. The Balaban J connectivity index is 2.51. The van der Waals surface area contributed by atoms with E-state index in [1.54, 1.807) is 12.1 Å². The van der Waals surface area contributed by atoms with Crippen LogP contribution in [0.4, 0.5) is 4.79 Å². The molecule has 0 saturated heterocycles. The average molecular weight is 361 g/mol. The van der Waals surface area contributed by atoms with E-state index in [-0.39, 0.29) is 6.04 Å². The van der Waals surface area contributed by atoms with E-state index in [0.717, 1.165) is 18.4 Å². The first kappa shape index (κ1) is 20.1. The number of carbonyl (C=O) groups is 1. The highest BCUT2D eigenvalue weighted by Gasteiger charge is 2.17. The molecule has 23 heavy (non-hydrogen) atoms. The van der Waals surface area contributed by atoms with Crippen LogP contribution in [0.15, 0.2) is 18.2 Å². The van der Waals surface area contributed by atoms with Gasteiger partial charge in [0.25, 0.3) is 0 Å². The molecule has 0 saturated carbocycles. The summed E-state index contributed by atoms with van der Waals surface area (Å²) in [5, 5.41) is 7.55. The van der Waals surface area contributed by atoms with Gasteiger partial charge in [-0.05, 0) is 51.0 Å². The van der Waals surface area contributed by atoms with E-state index in [1.165, 1.54) is 0 Å². The van der Waals surface area contributed by atoms with Gasteiger partial charge in [0, 0.05) is 29.2 Å². The number of hydrogen-bond acceptors (Lipinski definition) is 3. The summed E-state index contributed by atoms with van der Waals surface area (Å²) >= 11 is 12.2. The zero-order valence-electron chi connectivity index (χ0n) is 14.2. The smallest absolute Gasteiger partial charge is 0.407 e. The van der Waals surface area contributed by atoms with Gasteiger partial charge in [0.05, 0.1) is 0 Å². The summed E-state index contributed by atoms with van der Waals surface area (Å²) in [6, 6.07) is 5.54. The van der Waals surface area contributed by atoms with Crippen LogP contribution < -0.4 is 10.6 Å². The molecule has 0 heterocycles. The van der Waals surface area contributed by atoms with E-state index >= 15 is 0 Å². The van der Waals surface area contributed by atoms with Gasteiger partial charge in [-0.2, -0.15) is 0 Å². The van der Waals surface area contributed by atoms with E-state index in [2.05, 4.69) is 17.6 Å². The Morgan fingerprint density at radius 2 is 2.00 bits per heavy atom. The standard InChI is InChI=1S/C17H26Cl2N2O2/c1-5-6-14(11-21-16(22)23-17(2,3)4)20-10-12-9-13(18)7-8-15(12)19/h7-9,14,20H,5-6,10-11H2,1-4H3,(H,21,22). The minimum absolute atomic E-state index is 0.141. The van der Waals surface area contributed by atoms with Gasteiger partial charge in [-0.25, -0.2) is 4.79 Å². The summed E-state index contributed by atoms with van der Waals surface area (Å²) in [7, 11) is 0. The highest BCUT2D eigenvalue weighted by molar-refractivity contribution is 6.33. The molecule has 6 heteroatoms. The van der Waals surface area contributed by atoms with E-state index in [4.69, 9.17) is 27.9 Å². The number of rotatable bonds is 7. The van der Waals surface area contributed by atoms with E-state index in [9.17, 15) is 4.79 Å². The largest absolute Gasteiger partial charge is 0.444 e. The van der Waals surface area contributed by atoms with Crippen molar-refractivity contribution < 1.29 is 9.53 Å². The van der Waals surface area contributed by atoms with Crippen LogP contribution in [0.1, 0.15) is 46.1 Å². The quantitative estimate of drug-likeness (QED) is 0.735. The third kappa shape index (κ3) is 8.45. The van der Waals surface area contributed by atoms with Crippen molar-refractivity contribution in [1.82, 2.24) is 10.6 Å². The van der Waals surface area contributed by atoms with Crippen LogP contribution in [0.5, 0.6) is 0 Å². The molecule has 0 aliphatic heterocycles. The summed E-state index contributed by atoms with van der Waals surface area (Å²) < 4.78 is 5.25. The molecular weight excluding hydrogens is 335 g/mol. The van der Waals surface area contributed by atoms with E-state index < -0.39 is 11.7 Å². The highest BCUT2D eigenvalue weighted by Crippen LogP contribution is 2.20. The number of ether oxygens (including phenoxy) is 1. The molecule has 0 radical (unpaired) electrons. The van der Waals surface area contributed by atoms with Crippen molar-refractivity contribution in [1.29, 1.82) is 0 Å². The van der Waals surface area contributed by atoms with Crippen LogP contribution in [-0.2, 0) is 11.3 Å². The van der Waals surface area contributed by atoms with Crippen LogP contribution in [-0.4, -0.2) is 24.3 Å². The molecule has 0 fully saturated rings. The third-order valence-corrected chi connectivity index (χ3v) is 3.72. The van der Waals surface area contributed by atoms with Crippen LogP contribution in [0.2, 0.25) is 10.0 Å². The first-order chi connectivity index (χ1) is 10.7. The van der Waals surface area contributed by atoms with E-state index in [0.29, 0.717) is 23.1 Å². The van der Waals surface area contributed by atoms with Crippen molar-refractivity contribution in [3.8, 4) is 0 Å². The number of hydrogen-bond donors (Lipinski definition) is 2. The number of amides is 1. The zero-order valence-corrected chi connectivity index (χ0v) is 15.7. The lowest BCUT2D eigenvalue weighted by atomic mass is 10.1. The molecule has 4 nitrogen and oxygen atoms in total. The Labute approximate surface area is 148 Å². The summed E-state index contributed by atoms with van der Waals surface area (Å²) in [4.78, 5) is 11.7. The summed E-state index contributed by atoms with van der Waals surface area (Å²) in [5.74, 6) is 0. The van der Waals surface area contributed by atoms with Crippen LogP contribution in [0.25, 0.3) is 0 Å². The zero-order chi connectivity index (χ0) is 17.5.